The van der Waals surface area contributed by atoms with Gasteiger partial charge >= 0.3 is 5.97 Å². The summed E-state index contributed by atoms with van der Waals surface area (Å²) in [6.07, 6.45) is 0. The molecule has 6 nitrogen and oxygen atoms in total. The van der Waals surface area contributed by atoms with Crippen LogP contribution in [0.2, 0.25) is 0 Å². The van der Waals surface area contributed by atoms with Crippen LogP contribution in [0.4, 0.5) is 5.69 Å². The Labute approximate surface area is 181 Å². The van der Waals surface area contributed by atoms with E-state index in [9.17, 15) is 9.59 Å². The van der Waals surface area contributed by atoms with Crippen molar-refractivity contribution in [1.29, 1.82) is 0 Å². The third-order valence-corrected chi connectivity index (χ3v) is 5.35. The molecule has 0 saturated carbocycles. The SMILES string of the molecule is CCOc1c2c(c(OCC)c3ccccc13)C(C)N(c1ccc(OC(C)=O)cc1)C2=O. The van der Waals surface area contributed by atoms with E-state index in [1.54, 1.807) is 29.2 Å². The van der Waals surface area contributed by atoms with Crippen LogP contribution in [0.1, 0.15) is 49.7 Å². The van der Waals surface area contributed by atoms with Crippen molar-refractivity contribution in [2.24, 2.45) is 0 Å². The third-order valence-electron chi connectivity index (χ3n) is 5.35. The van der Waals surface area contributed by atoms with Gasteiger partial charge < -0.3 is 19.1 Å². The number of fused-ring (bicyclic) bond motifs is 2. The van der Waals surface area contributed by atoms with Gasteiger partial charge in [0.2, 0.25) is 0 Å². The molecule has 1 aliphatic rings. The van der Waals surface area contributed by atoms with Crippen LogP contribution in [0.15, 0.2) is 48.5 Å². The number of nitrogens with zero attached hydrogens (tertiary/aromatic N) is 1. The van der Waals surface area contributed by atoms with Gasteiger partial charge in [0.1, 0.15) is 17.2 Å². The molecule has 1 amide bonds. The maximum atomic E-state index is 13.7. The molecule has 4 rings (SSSR count). The quantitative estimate of drug-likeness (QED) is 0.402. The number of hydrogen-bond acceptors (Lipinski definition) is 5. The molecule has 0 aromatic heterocycles. The van der Waals surface area contributed by atoms with E-state index >= 15 is 0 Å². The Morgan fingerprint density at radius 3 is 2.10 bits per heavy atom. The number of amides is 1. The molecule has 0 N–H and O–H groups in total. The first-order valence-corrected chi connectivity index (χ1v) is 10.4. The van der Waals surface area contributed by atoms with Crippen molar-refractivity contribution >= 4 is 28.3 Å². The second-order valence-corrected chi connectivity index (χ2v) is 7.30. The molecule has 160 valence electrons. The van der Waals surface area contributed by atoms with Crippen LogP contribution in [0.25, 0.3) is 10.8 Å². The largest absolute Gasteiger partial charge is 0.493 e. The molecule has 1 aliphatic heterocycles. The zero-order valence-corrected chi connectivity index (χ0v) is 18.1. The highest BCUT2D eigenvalue weighted by Gasteiger charge is 2.41. The highest BCUT2D eigenvalue weighted by molar-refractivity contribution is 6.17. The van der Waals surface area contributed by atoms with Gasteiger partial charge in [0, 0.05) is 28.9 Å². The van der Waals surface area contributed by atoms with Crippen LogP contribution in [0.5, 0.6) is 17.2 Å². The number of ether oxygens (including phenoxy) is 3. The summed E-state index contributed by atoms with van der Waals surface area (Å²) in [4.78, 5) is 26.6. The van der Waals surface area contributed by atoms with Crippen molar-refractivity contribution in [2.45, 2.75) is 33.7 Å². The third kappa shape index (κ3) is 3.48. The predicted octanol–water partition coefficient (Wildman–Crippen LogP) is 5.28. The van der Waals surface area contributed by atoms with Gasteiger partial charge in [0.05, 0.1) is 24.8 Å². The molecule has 0 saturated heterocycles. The summed E-state index contributed by atoms with van der Waals surface area (Å²) in [7, 11) is 0. The fraction of sp³-hybridized carbons (Fsp3) is 0.280. The summed E-state index contributed by atoms with van der Waals surface area (Å²) < 4.78 is 17.2. The number of carbonyl (C=O) groups is 2. The molecule has 0 fully saturated rings. The van der Waals surface area contributed by atoms with E-state index < -0.39 is 0 Å². The van der Waals surface area contributed by atoms with Crippen molar-refractivity contribution in [3.63, 3.8) is 0 Å². The van der Waals surface area contributed by atoms with E-state index in [-0.39, 0.29) is 17.9 Å². The first kappa shape index (κ1) is 20.7. The molecule has 1 atom stereocenters. The predicted molar refractivity (Wildman–Crippen MR) is 119 cm³/mol. The van der Waals surface area contributed by atoms with Gasteiger partial charge in [-0.25, -0.2) is 0 Å². The Morgan fingerprint density at radius 1 is 0.935 bits per heavy atom. The number of anilines is 1. The minimum absolute atomic E-state index is 0.141. The first-order chi connectivity index (χ1) is 15.0. The second-order valence-electron chi connectivity index (χ2n) is 7.30. The standard InChI is InChI=1S/C25H25NO5/c1-5-29-23-19-9-7-8-10-20(19)24(30-6-2)22-21(23)15(3)26(25(22)28)17-11-13-18(14-12-17)31-16(4)27/h7-15H,5-6H2,1-4H3. The Bertz CT molecular complexity index is 1150. The smallest absolute Gasteiger partial charge is 0.308 e. The molecule has 6 heteroatoms. The van der Waals surface area contributed by atoms with Crippen molar-refractivity contribution in [1.82, 2.24) is 0 Å². The second kappa shape index (κ2) is 8.30. The number of benzene rings is 3. The van der Waals surface area contributed by atoms with E-state index in [1.807, 2.05) is 45.0 Å². The molecule has 1 unspecified atom stereocenters. The van der Waals surface area contributed by atoms with Crippen molar-refractivity contribution in [3.05, 3.63) is 59.7 Å². The molecule has 31 heavy (non-hydrogen) atoms. The van der Waals surface area contributed by atoms with E-state index in [0.717, 1.165) is 22.1 Å². The zero-order valence-electron chi connectivity index (χ0n) is 18.1. The average molecular weight is 419 g/mol. The summed E-state index contributed by atoms with van der Waals surface area (Å²) in [5.41, 5.74) is 2.08. The molecule has 3 aromatic rings. The van der Waals surface area contributed by atoms with Crippen molar-refractivity contribution in [3.8, 4) is 17.2 Å². The molecule has 0 aliphatic carbocycles. The summed E-state index contributed by atoms with van der Waals surface area (Å²) in [5, 5.41) is 1.79. The molecule has 0 spiro atoms. The van der Waals surface area contributed by atoms with Gasteiger partial charge in [-0.2, -0.15) is 0 Å². The van der Waals surface area contributed by atoms with Gasteiger partial charge in [-0.3, -0.25) is 9.59 Å². The molecular weight excluding hydrogens is 394 g/mol. The fourth-order valence-electron chi connectivity index (χ4n) is 4.21. The Morgan fingerprint density at radius 2 is 1.52 bits per heavy atom. The van der Waals surface area contributed by atoms with Gasteiger partial charge in [-0.1, -0.05) is 24.3 Å². The highest BCUT2D eigenvalue weighted by atomic mass is 16.5. The normalized spacial score (nSPS) is 15.2. The monoisotopic (exact) mass is 419 g/mol. The van der Waals surface area contributed by atoms with Crippen LogP contribution in [-0.2, 0) is 4.79 Å². The Hall–Kier alpha value is -3.54. The fourth-order valence-corrected chi connectivity index (χ4v) is 4.21. The van der Waals surface area contributed by atoms with Crippen LogP contribution in [0, 0.1) is 0 Å². The zero-order chi connectivity index (χ0) is 22.1. The summed E-state index contributed by atoms with van der Waals surface area (Å²) in [5.74, 6) is 1.21. The lowest BCUT2D eigenvalue weighted by atomic mass is 9.96. The number of carbonyl (C=O) groups excluding carboxylic acids is 2. The van der Waals surface area contributed by atoms with E-state index in [0.29, 0.717) is 36.0 Å². The lowest BCUT2D eigenvalue weighted by Crippen LogP contribution is -2.26. The molecule has 1 heterocycles. The van der Waals surface area contributed by atoms with Crippen molar-refractivity contribution in [2.75, 3.05) is 18.1 Å². The maximum absolute atomic E-state index is 13.7. The van der Waals surface area contributed by atoms with Crippen LogP contribution in [-0.4, -0.2) is 25.1 Å². The molecule has 0 bridgehead atoms. The topological polar surface area (TPSA) is 65.1 Å². The maximum Gasteiger partial charge on any atom is 0.308 e. The lowest BCUT2D eigenvalue weighted by Gasteiger charge is -2.23. The van der Waals surface area contributed by atoms with E-state index in [1.165, 1.54) is 6.92 Å². The first-order valence-electron chi connectivity index (χ1n) is 10.4. The van der Waals surface area contributed by atoms with Gasteiger partial charge in [-0.15, -0.1) is 0 Å². The van der Waals surface area contributed by atoms with Crippen LogP contribution >= 0.6 is 0 Å². The number of esters is 1. The van der Waals surface area contributed by atoms with Crippen molar-refractivity contribution < 1.29 is 23.8 Å². The summed E-state index contributed by atoms with van der Waals surface area (Å²) in [6.45, 7) is 8.12. The molecule has 0 radical (unpaired) electrons. The van der Waals surface area contributed by atoms with Gasteiger partial charge in [0.25, 0.3) is 5.91 Å². The van der Waals surface area contributed by atoms with Crippen LogP contribution in [0.3, 0.4) is 0 Å². The molecular formula is C25H25NO5. The minimum Gasteiger partial charge on any atom is -0.493 e. The van der Waals surface area contributed by atoms with E-state index in [2.05, 4.69) is 0 Å². The lowest BCUT2D eigenvalue weighted by molar-refractivity contribution is -0.131. The average Bonchev–Trinajstić information content (AvgIpc) is 3.01. The minimum atomic E-state index is -0.389. The highest BCUT2D eigenvalue weighted by Crippen LogP contribution is 2.50. The van der Waals surface area contributed by atoms with Gasteiger partial charge in [-0.05, 0) is 45.0 Å². The number of hydrogen-bond donors (Lipinski definition) is 0. The summed E-state index contributed by atoms with van der Waals surface area (Å²) >= 11 is 0. The summed E-state index contributed by atoms with van der Waals surface area (Å²) in [6, 6.07) is 14.5. The molecule has 3 aromatic carbocycles. The van der Waals surface area contributed by atoms with E-state index in [4.69, 9.17) is 14.2 Å². The van der Waals surface area contributed by atoms with Gasteiger partial charge in [0.15, 0.2) is 0 Å². The Balaban J connectivity index is 1.89. The number of rotatable bonds is 6. The Kier molecular flexibility index (Phi) is 5.55. The van der Waals surface area contributed by atoms with Crippen LogP contribution < -0.4 is 19.1 Å².